The number of rotatable bonds is 12. The molecule has 0 saturated heterocycles. The first-order valence-electron chi connectivity index (χ1n) is 44.1. The molecule has 610 valence electrons. The highest BCUT2D eigenvalue weighted by atomic mass is 15.1. The maximum absolute atomic E-state index is 10.8. The van der Waals surface area contributed by atoms with Crippen molar-refractivity contribution in [3.8, 4) is 147 Å². The third-order valence-corrected chi connectivity index (χ3v) is 26.2. The molecular formula is C121H76N10. The van der Waals surface area contributed by atoms with Gasteiger partial charge in [-0.2, -0.15) is 10.5 Å². The summed E-state index contributed by atoms with van der Waals surface area (Å²) < 4.78 is 4.75. The fourth-order valence-corrected chi connectivity index (χ4v) is 19.6. The molecule has 10 nitrogen and oxygen atoms in total. The topological polar surface area (TPSA) is 135 Å². The Morgan fingerprint density at radius 1 is 0.206 bits per heavy atom. The van der Waals surface area contributed by atoms with E-state index in [-0.39, 0.29) is 5.41 Å². The van der Waals surface area contributed by atoms with Crippen LogP contribution in [0.2, 0.25) is 0 Å². The zero-order valence-electron chi connectivity index (χ0n) is 71.4. The number of para-hydroxylation sites is 2. The number of benzene rings is 20. The molecule has 1 aliphatic carbocycles. The molecule has 20 aromatic carbocycles. The van der Waals surface area contributed by atoms with E-state index in [1.54, 1.807) is 0 Å². The summed E-state index contributed by atoms with van der Waals surface area (Å²) in [6.07, 6.45) is 0. The Morgan fingerprint density at radius 2 is 0.573 bits per heavy atom. The second-order valence-electron chi connectivity index (χ2n) is 34.4. The third-order valence-electron chi connectivity index (χ3n) is 26.2. The zero-order valence-corrected chi connectivity index (χ0v) is 71.4. The number of hydrogen-bond acceptors (Lipinski definition) is 8. The molecule has 0 N–H and O–H groups in total. The van der Waals surface area contributed by atoms with Gasteiger partial charge < -0.3 is 9.13 Å². The highest BCUT2D eigenvalue weighted by Crippen LogP contribution is 2.52. The van der Waals surface area contributed by atoms with Gasteiger partial charge in [0.15, 0.2) is 34.9 Å². The lowest BCUT2D eigenvalue weighted by atomic mass is 9.82. The predicted octanol–water partition coefficient (Wildman–Crippen LogP) is 30.4. The number of hydrogen-bond donors (Lipinski definition) is 0. The number of fused-ring (bicyclic) bond motifs is 14. The van der Waals surface area contributed by atoms with Crippen LogP contribution in [0.4, 0.5) is 0 Å². The first-order valence-corrected chi connectivity index (χ1v) is 44.1. The molecule has 0 fully saturated rings. The molecule has 1 aliphatic rings. The molecule has 25 rings (SSSR count). The average molecular weight is 1670 g/mol. The van der Waals surface area contributed by atoms with Crippen molar-refractivity contribution in [2.24, 2.45) is 0 Å². The molecule has 0 bridgehead atoms. The number of nitriles is 2. The first kappa shape index (κ1) is 76.9. The Balaban J connectivity index is 0.000000146. The van der Waals surface area contributed by atoms with E-state index in [9.17, 15) is 10.5 Å². The van der Waals surface area contributed by atoms with Gasteiger partial charge in [-0.05, 0) is 236 Å². The molecule has 0 aliphatic heterocycles. The van der Waals surface area contributed by atoms with E-state index in [1.807, 2.05) is 36.4 Å². The van der Waals surface area contributed by atoms with Crippen molar-refractivity contribution >= 4 is 97.5 Å². The normalized spacial score (nSPS) is 12.1. The molecule has 0 saturated carbocycles. The minimum atomic E-state index is -0.171. The van der Waals surface area contributed by atoms with Crippen LogP contribution in [0.1, 0.15) is 36.1 Å². The summed E-state index contributed by atoms with van der Waals surface area (Å²) in [7, 11) is 0. The van der Waals surface area contributed by atoms with Crippen LogP contribution in [0.3, 0.4) is 0 Å². The van der Waals surface area contributed by atoms with Crippen LogP contribution in [0.15, 0.2) is 425 Å². The quantitative estimate of drug-likeness (QED) is 0.118. The Bertz CT molecular complexity index is 8750. The van der Waals surface area contributed by atoms with Gasteiger partial charge in [0.25, 0.3) is 0 Å². The largest absolute Gasteiger partial charge is 0.309 e. The molecule has 4 aromatic heterocycles. The molecule has 0 amide bonds. The summed E-state index contributed by atoms with van der Waals surface area (Å²) in [6.45, 7) is 4.66. The molecule has 4 heterocycles. The van der Waals surface area contributed by atoms with Gasteiger partial charge in [-0.15, -0.1) is 0 Å². The molecule has 24 aromatic rings. The first-order chi connectivity index (χ1) is 64.5. The van der Waals surface area contributed by atoms with E-state index in [1.165, 1.54) is 33.0 Å². The Hall–Kier alpha value is -17.7. The lowest BCUT2D eigenvalue weighted by Gasteiger charge is -2.22. The van der Waals surface area contributed by atoms with Crippen molar-refractivity contribution in [1.82, 2.24) is 39.0 Å². The molecule has 0 atom stereocenters. The van der Waals surface area contributed by atoms with Gasteiger partial charge in [-0.1, -0.05) is 323 Å². The molecule has 10 heteroatoms. The van der Waals surface area contributed by atoms with Crippen molar-refractivity contribution in [1.29, 1.82) is 10.5 Å². The van der Waals surface area contributed by atoms with Crippen molar-refractivity contribution in [3.05, 3.63) is 447 Å². The maximum atomic E-state index is 10.8. The van der Waals surface area contributed by atoms with E-state index in [0.29, 0.717) is 46.1 Å². The smallest absolute Gasteiger partial charge is 0.164 e. The Kier molecular flexibility index (Phi) is 18.5. The molecular weight excluding hydrogens is 1590 g/mol. The minimum absolute atomic E-state index is 0.171. The third kappa shape index (κ3) is 13.7. The van der Waals surface area contributed by atoms with Crippen LogP contribution in [0, 0.1) is 22.7 Å². The van der Waals surface area contributed by atoms with Crippen LogP contribution in [-0.2, 0) is 5.41 Å². The van der Waals surface area contributed by atoms with Crippen molar-refractivity contribution in [2.75, 3.05) is 0 Å². The second kappa shape index (κ2) is 31.5. The minimum Gasteiger partial charge on any atom is -0.309 e. The SMILES string of the molecule is CC1(C)c2ccccc2-c2cc3c4ccccc4n(-c4cc(-c5cccc(C#N)c5)cc(-c5nc(-c6ccc7ccccc7c6)nc(-c6ccc7ccccc7c6)n5)c4)c3cc21.N#Cc1cc(-c2cc(-c3nc(-c4ccc5ccccc5c4)nc(-c4ccc5ccccc5c4)n3)cc(-n3c4ccccc4c4ccc(-c5ccccc5)cc43)c2)ccc1-c1ccc2ccccc2c1. The van der Waals surface area contributed by atoms with Gasteiger partial charge in [0.2, 0.25) is 0 Å². The van der Waals surface area contributed by atoms with E-state index in [4.69, 9.17) is 29.9 Å². The van der Waals surface area contributed by atoms with E-state index < -0.39 is 0 Å². The van der Waals surface area contributed by atoms with Crippen LogP contribution in [0.25, 0.3) is 233 Å². The summed E-state index contributed by atoms with van der Waals surface area (Å²) in [5, 5.41) is 36.8. The van der Waals surface area contributed by atoms with Crippen molar-refractivity contribution < 1.29 is 0 Å². The fraction of sp³-hybridized carbons (Fsp3) is 0.0248. The van der Waals surface area contributed by atoms with Crippen LogP contribution in [0.5, 0.6) is 0 Å². The Labute approximate surface area is 755 Å². The lowest BCUT2D eigenvalue weighted by Crippen LogP contribution is -2.15. The Morgan fingerprint density at radius 3 is 1.06 bits per heavy atom. The van der Waals surface area contributed by atoms with E-state index >= 15 is 0 Å². The monoisotopic (exact) mass is 1670 g/mol. The molecule has 0 radical (unpaired) electrons. The summed E-state index contributed by atoms with van der Waals surface area (Å²) >= 11 is 0. The van der Waals surface area contributed by atoms with Crippen LogP contribution in [-0.4, -0.2) is 39.0 Å². The van der Waals surface area contributed by atoms with Gasteiger partial charge >= 0.3 is 0 Å². The van der Waals surface area contributed by atoms with Gasteiger partial charge in [0.1, 0.15) is 0 Å². The summed E-state index contributed by atoms with van der Waals surface area (Å²) in [5.74, 6) is 3.45. The van der Waals surface area contributed by atoms with Crippen LogP contribution >= 0.6 is 0 Å². The van der Waals surface area contributed by atoms with Crippen LogP contribution < -0.4 is 0 Å². The fourth-order valence-electron chi connectivity index (χ4n) is 19.6. The maximum Gasteiger partial charge on any atom is 0.164 e. The highest BCUT2D eigenvalue weighted by Gasteiger charge is 2.37. The molecule has 0 spiro atoms. The van der Waals surface area contributed by atoms with E-state index in [2.05, 4.69) is 423 Å². The predicted molar refractivity (Wildman–Crippen MR) is 537 cm³/mol. The van der Waals surface area contributed by atoms with Gasteiger partial charge in [0, 0.05) is 71.7 Å². The lowest BCUT2D eigenvalue weighted by molar-refractivity contribution is 0.661. The van der Waals surface area contributed by atoms with Crippen molar-refractivity contribution in [3.63, 3.8) is 0 Å². The van der Waals surface area contributed by atoms with Crippen molar-refractivity contribution in [2.45, 2.75) is 19.3 Å². The summed E-state index contributed by atoms with van der Waals surface area (Å²) in [4.78, 5) is 31.6. The average Bonchev–Trinajstić information content (AvgIpc) is 1.54. The highest BCUT2D eigenvalue weighted by molar-refractivity contribution is 6.13. The van der Waals surface area contributed by atoms with Gasteiger partial charge in [-0.3, -0.25) is 0 Å². The zero-order chi connectivity index (χ0) is 87.4. The van der Waals surface area contributed by atoms with Gasteiger partial charge in [-0.25, -0.2) is 29.9 Å². The summed E-state index contributed by atoms with van der Waals surface area (Å²) in [6, 6.07) is 154. The molecule has 0 unspecified atom stereocenters. The number of nitrogens with zero attached hydrogens (tertiary/aromatic N) is 10. The molecule has 131 heavy (non-hydrogen) atoms. The second-order valence-corrected chi connectivity index (χ2v) is 34.4. The number of aromatic nitrogens is 8. The van der Waals surface area contributed by atoms with Gasteiger partial charge in [0.05, 0.1) is 45.3 Å². The van der Waals surface area contributed by atoms with E-state index in [0.717, 1.165) is 176 Å². The summed E-state index contributed by atoms with van der Waals surface area (Å²) in [5.41, 5.74) is 25.7. The standard InChI is InChI=1S/C64H39N5.C57H37N5/c65-40-55-35-48(28-30-57(55)50-25-22-42-14-4-7-17-45(42)32-50)53-36-54(38-56(37-53)69-60-21-11-10-20-58(60)59-31-29-49(39-61(59)69)41-12-2-1-3-13-41)64-67-62(51-26-23-43-15-5-8-18-46(43)33-51)66-63(68-64)52-27-24-44-16-6-9-19-47(44)34-52;1-57(2)50-20-9-7-18-46(50)48-32-49-47-19-8-10-21-52(47)62(53(49)33-51(48)57)45-30-43(38-17-11-12-35(26-38)34-58)29-44(31-45)56-60-54(41-24-22-36-13-3-5-15-39(36)27-41)59-55(61-56)42-25-23-37-14-4-6-16-40(37)28-42/h1-39H;3-33H,1-2H3.